The topological polar surface area (TPSA) is 119 Å². The molecule has 144 valence electrons. The molecule has 1 N–H and O–H groups in total. The highest BCUT2D eigenvalue weighted by molar-refractivity contribution is 7.89. The average molecular weight is 392 g/mol. The second kappa shape index (κ2) is 6.98. The third-order valence-electron chi connectivity index (χ3n) is 4.90. The molecule has 0 spiro atoms. The van der Waals surface area contributed by atoms with Gasteiger partial charge in [-0.25, -0.2) is 18.4 Å². The normalized spacial score (nSPS) is 25.9. The highest BCUT2D eigenvalue weighted by Crippen LogP contribution is 2.35. The number of anilines is 1. The van der Waals surface area contributed by atoms with Crippen LogP contribution in [0.5, 0.6) is 0 Å². The van der Waals surface area contributed by atoms with E-state index in [0.29, 0.717) is 25.3 Å². The van der Waals surface area contributed by atoms with E-state index >= 15 is 0 Å². The largest absolute Gasteiger partial charge is 0.376 e. The standard InChI is InChI=1S/C16H20N6O4S/c1-21-9-15(19-10-21)27(24,25)22-8-11(6-13-12(22)2-5-26-13)16(23)20-14-7-17-3-4-18-14/h3-4,7,9-13H,2,5-6,8H2,1H3,(H,18,20,23)/t11-,12-,13-/m1/s1. The Morgan fingerprint density at radius 2 is 2.19 bits per heavy atom. The lowest BCUT2D eigenvalue weighted by Gasteiger charge is -2.38. The van der Waals surface area contributed by atoms with Gasteiger partial charge < -0.3 is 14.6 Å². The minimum absolute atomic E-state index is 0.0226. The predicted octanol–water partition coefficient (Wildman–Crippen LogP) is 0.0169. The van der Waals surface area contributed by atoms with Crippen LogP contribution >= 0.6 is 0 Å². The summed E-state index contributed by atoms with van der Waals surface area (Å²) in [6, 6.07) is -0.280. The Hall–Kier alpha value is -2.37. The van der Waals surface area contributed by atoms with Gasteiger partial charge in [-0.3, -0.25) is 9.78 Å². The summed E-state index contributed by atoms with van der Waals surface area (Å²) in [5.74, 6) is -0.522. The molecular weight excluding hydrogens is 372 g/mol. The van der Waals surface area contributed by atoms with Crippen LogP contribution in [0.4, 0.5) is 5.82 Å². The van der Waals surface area contributed by atoms with Crippen molar-refractivity contribution in [3.05, 3.63) is 31.1 Å². The van der Waals surface area contributed by atoms with Crippen molar-refractivity contribution in [3.8, 4) is 0 Å². The second-order valence-corrected chi connectivity index (χ2v) is 8.57. The lowest BCUT2D eigenvalue weighted by molar-refractivity contribution is -0.123. The van der Waals surface area contributed by atoms with Crippen molar-refractivity contribution in [3.63, 3.8) is 0 Å². The van der Waals surface area contributed by atoms with Gasteiger partial charge in [0.2, 0.25) is 5.91 Å². The van der Waals surface area contributed by atoms with Gasteiger partial charge in [-0.05, 0) is 12.8 Å². The molecule has 0 saturated carbocycles. The van der Waals surface area contributed by atoms with Crippen LogP contribution in [0.25, 0.3) is 0 Å². The van der Waals surface area contributed by atoms with E-state index in [-0.39, 0.29) is 29.6 Å². The van der Waals surface area contributed by atoms with Crippen LogP contribution in [-0.4, -0.2) is 63.4 Å². The highest BCUT2D eigenvalue weighted by Gasteiger charge is 2.47. The molecule has 11 heteroatoms. The SMILES string of the molecule is Cn1cnc(S(=O)(=O)N2C[C@H](C(=O)Nc3cnccn3)C[C@H]3OCC[C@H]32)c1. The van der Waals surface area contributed by atoms with Gasteiger partial charge >= 0.3 is 0 Å². The summed E-state index contributed by atoms with van der Waals surface area (Å²) in [5.41, 5.74) is 0. The number of nitrogens with one attached hydrogen (secondary N) is 1. The molecule has 2 aromatic rings. The highest BCUT2D eigenvalue weighted by atomic mass is 32.2. The lowest BCUT2D eigenvalue weighted by atomic mass is 9.91. The number of carbonyl (C=O) groups excluding carboxylic acids is 1. The van der Waals surface area contributed by atoms with Crippen molar-refractivity contribution in [1.29, 1.82) is 0 Å². The molecule has 4 rings (SSSR count). The first-order chi connectivity index (χ1) is 12.9. The van der Waals surface area contributed by atoms with Gasteiger partial charge in [-0.2, -0.15) is 4.31 Å². The Bertz CT molecular complexity index is 931. The molecule has 27 heavy (non-hydrogen) atoms. The van der Waals surface area contributed by atoms with Crippen molar-refractivity contribution < 1.29 is 17.9 Å². The third kappa shape index (κ3) is 3.45. The lowest BCUT2D eigenvalue weighted by Crippen LogP contribution is -2.54. The van der Waals surface area contributed by atoms with Crippen LogP contribution < -0.4 is 5.32 Å². The van der Waals surface area contributed by atoms with Gasteiger partial charge in [0.1, 0.15) is 0 Å². The molecule has 3 atom stereocenters. The Labute approximate surface area is 156 Å². The first kappa shape index (κ1) is 18.0. The molecule has 0 aromatic carbocycles. The summed E-state index contributed by atoms with van der Waals surface area (Å²) in [7, 11) is -2.11. The summed E-state index contributed by atoms with van der Waals surface area (Å²) in [5, 5.41) is 2.68. The van der Waals surface area contributed by atoms with Crippen LogP contribution in [-0.2, 0) is 26.6 Å². The number of imidazole rings is 1. The first-order valence-corrected chi connectivity index (χ1v) is 10.1. The van der Waals surface area contributed by atoms with E-state index in [0.717, 1.165) is 0 Å². The van der Waals surface area contributed by atoms with Gasteiger partial charge in [0.15, 0.2) is 10.8 Å². The molecule has 4 heterocycles. The van der Waals surface area contributed by atoms with E-state index in [4.69, 9.17) is 4.74 Å². The summed E-state index contributed by atoms with van der Waals surface area (Å²) in [6.45, 7) is 0.553. The Balaban J connectivity index is 1.58. The van der Waals surface area contributed by atoms with Crippen molar-refractivity contribution in [1.82, 2.24) is 23.8 Å². The molecule has 2 fully saturated rings. The number of hydrogen-bond donors (Lipinski definition) is 1. The molecule has 10 nitrogen and oxygen atoms in total. The molecule has 0 aliphatic carbocycles. The van der Waals surface area contributed by atoms with E-state index in [9.17, 15) is 13.2 Å². The van der Waals surface area contributed by atoms with E-state index in [1.165, 1.54) is 35.4 Å². The monoisotopic (exact) mass is 392 g/mol. The summed E-state index contributed by atoms with van der Waals surface area (Å²) < 4.78 is 34.9. The molecule has 0 unspecified atom stereocenters. The maximum Gasteiger partial charge on any atom is 0.262 e. The zero-order valence-corrected chi connectivity index (χ0v) is 15.5. The molecule has 2 aliphatic heterocycles. The summed E-state index contributed by atoms with van der Waals surface area (Å²) in [6.07, 6.45) is 8.09. The van der Waals surface area contributed by atoms with Crippen LogP contribution in [0.3, 0.4) is 0 Å². The van der Waals surface area contributed by atoms with Crippen LogP contribution in [0.1, 0.15) is 12.8 Å². The molecular formula is C16H20N6O4S. The number of rotatable bonds is 4. The van der Waals surface area contributed by atoms with Gasteiger partial charge in [-0.15, -0.1) is 0 Å². The molecule has 2 aromatic heterocycles. The number of amides is 1. The van der Waals surface area contributed by atoms with Gasteiger partial charge in [0.05, 0.1) is 30.6 Å². The minimum Gasteiger partial charge on any atom is -0.376 e. The maximum absolute atomic E-state index is 13.1. The molecule has 2 saturated heterocycles. The smallest absolute Gasteiger partial charge is 0.262 e. The van der Waals surface area contributed by atoms with Gasteiger partial charge in [0, 0.05) is 38.8 Å². The van der Waals surface area contributed by atoms with Crippen molar-refractivity contribution in [2.75, 3.05) is 18.5 Å². The minimum atomic E-state index is -3.82. The fraction of sp³-hybridized carbons (Fsp3) is 0.500. The summed E-state index contributed by atoms with van der Waals surface area (Å²) in [4.78, 5) is 24.6. The fourth-order valence-corrected chi connectivity index (χ4v) is 5.29. The second-order valence-electron chi connectivity index (χ2n) is 6.73. The third-order valence-corrected chi connectivity index (χ3v) is 6.68. The summed E-state index contributed by atoms with van der Waals surface area (Å²) >= 11 is 0. The number of fused-ring (bicyclic) bond motifs is 1. The molecule has 0 bridgehead atoms. The Morgan fingerprint density at radius 3 is 2.89 bits per heavy atom. The zero-order valence-electron chi connectivity index (χ0n) is 14.7. The maximum atomic E-state index is 13.1. The first-order valence-electron chi connectivity index (χ1n) is 8.63. The number of piperidine rings is 1. The van der Waals surface area contributed by atoms with E-state index in [1.807, 2.05) is 0 Å². The van der Waals surface area contributed by atoms with Crippen LogP contribution in [0.15, 0.2) is 36.1 Å². The predicted molar refractivity (Wildman–Crippen MR) is 94.0 cm³/mol. The van der Waals surface area contributed by atoms with Crippen LogP contribution in [0.2, 0.25) is 0 Å². The van der Waals surface area contributed by atoms with E-state index < -0.39 is 15.9 Å². The Morgan fingerprint density at radius 1 is 1.33 bits per heavy atom. The number of carbonyl (C=O) groups is 1. The molecule has 1 amide bonds. The zero-order chi connectivity index (χ0) is 19.0. The number of nitrogens with zero attached hydrogens (tertiary/aromatic N) is 5. The number of sulfonamides is 1. The molecule has 0 radical (unpaired) electrons. The van der Waals surface area contributed by atoms with Crippen LogP contribution in [0, 0.1) is 5.92 Å². The van der Waals surface area contributed by atoms with E-state index in [2.05, 4.69) is 20.3 Å². The number of aryl methyl sites for hydroxylation is 1. The number of ether oxygens (including phenoxy) is 1. The van der Waals surface area contributed by atoms with Crippen molar-refractivity contribution in [2.24, 2.45) is 13.0 Å². The van der Waals surface area contributed by atoms with Gasteiger partial charge in [-0.1, -0.05) is 0 Å². The Kier molecular flexibility index (Phi) is 4.66. The van der Waals surface area contributed by atoms with Crippen molar-refractivity contribution >= 4 is 21.7 Å². The number of aromatic nitrogens is 4. The number of hydrogen-bond acceptors (Lipinski definition) is 7. The van der Waals surface area contributed by atoms with Gasteiger partial charge in [0.25, 0.3) is 10.0 Å². The fourth-order valence-electron chi connectivity index (χ4n) is 3.60. The average Bonchev–Trinajstić information content (AvgIpc) is 3.30. The molecule has 2 aliphatic rings. The van der Waals surface area contributed by atoms with E-state index in [1.54, 1.807) is 11.6 Å². The quantitative estimate of drug-likeness (QED) is 0.779. The van der Waals surface area contributed by atoms with Crippen molar-refractivity contribution in [2.45, 2.75) is 30.0 Å².